The van der Waals surface area contributed by atoms with E-state index in [1.54, 1.807) is 10.8 Å². The largest absolute Gasteiger partial charge is 0.337 e. The van der Waals surface area contributed by atoms with Crippen molar-refractivity contribution in [2.75, 3.05) is 5.32 Å². The third-order valence-corrected chi connectivity index (χ3v) is 3.92. The van der Waals surface area contributed by atoms with Gasteiger partial charge in [-0.3, -0.25) is 9.59 Å². The monoisotopic (exact) mass is 356 g/mol. The van der Waals surface area contributed by atoms with Crippen molar-refractivity contribution in [2.24, 2.45) is 0 Å². The first-order chi connectivity index (χ1) is 10.7. The van der Waals surface area contributed by atoms with Gasteiger partial charge in [-0.25, -0.2) is 0 Å². The van der Waals surface area contributed by atoms with Crippen LogP contribution in [0, 0.1) is 0 Å². The Bertz CT molecular complexity index is 837. The summed E-state index contributed by atoms with van der Waals surface area (Å²) in [4.78, 5) is 23.3. The highest BCUT2D eigenvalue weighted by Gasteiger charge is 2.10. The second kappa shape index (κ2) is 6.15. The van der Waals surface area contributed by atoms with Crippen molar-refractivity contribution in [3.05, 3.63) is 64.8 Å². The molecule has 0 spiro atoms. The van der Waals surface area contributed by atoms with Crippen LogP contribution in [-0.2, 0) is 11.3 Å². The van der Waals surface area contributed by atoms with E-state index in [4.69, 9.17) is 0 Å². The standard InChI is InChI=1S/C17H13BrN2O2/c18-13-5-7-14(8-6-13)19-17(22)10-20-9-12(11-21)15-3-1-2-4-16(15)20/h1-9,11H,10H2,(H,19,22). The first-order valence-electron chi connectivity index (χ1n) is 6.76. The van der Waals surface area contributed by atoms with Crippen LogP contribution in [0.15, 0.2) is 59.2 Å². The number of hydrogen-bond donors (Lipinski definition) is 1. The number of carbonyl (C=O) groups is 2. The summed E-state index contributed by atoms with van der Waals surface area (Å²) in [6.07, 6.45) is 2.52. The Morgan fingerprint density at radius 3 is 2.59 bits per heavy atom. The van der Waals surface area contributed by atoms with E-state index in [2.05, 4.69) is 21.2 Å². The van der Waals surface area contributed by atoms with Crippen LogP contribution >= 0.6 is 15.9 Å². The maximum absolute atomic E-state index is 12.2. The van der Waals surface area contributed by atoms with E-state index < -0.39 is 0 Å². The Kier molecular flexibility index (Phi) is 4.06. The summed E-state index contributed by atoms with van der Waals surface area (Å²) in [6.45, 7) is 0.157. The molecule has 4 nitrogen and oxygen atoms in total. The molecular formula is C17H13BrN2O2. The summed E-state index contributed by atoms with van der Waals surface area (Å²) in [7, 11) is 0. The maximum atomic E-state index is 12.2. The number of nitrogens with zero attached hydrogens (tertiary/aromatic N) is 1. The van der Waals surface area contributed by atoms with Crippen LogP contribution in [0.5, 0.6) is 0 Å². The predicted octanol–water partition coefficient (Wildman–Crippen LogP) is 3.86. The number of halogens is 1. The number of amides is 1. The highest BCUT2D eigenvalue weighted by molar-refractivity contribution is 9.10. The van der Waals surface area contributed by atoms with Gasteiger partial charge in [0.15, 0.2) is 6.29 Å². The van der Waals surface area contributed by atoms with Gasteiger partial charge in [0.2, 0.25) is 5.91 Å². The van der Waals surface area contributed by atoms with Gasteiger partial charge in [-0.1, -0.05) is 34.1 Å². The highest BCUT2D eigenvalue weighted by Crippen LogP contribution is 2.20. The Hall–Kier alpha value is -2.40. The molecule has 110 valence electrons. The van der Waals surface area contributed by atoms with Crippen LogP contribution in [0.1, 0.15) is 10.4 Å². The average Bonchev–Trinajstić information content (AvgIpc) is 2.88. The van der Waals surface area contributed by atoms with Crippen molar-refractivity contribution in [3.8, 4) is 0 Å². The van der Waals surface area contributed by atoms with Crippen molar-refractivity contribution in [1.82, 2.24) is 4.57 Å². The number of benzene rings is 2. The fourth-order valence-electron chi connectivity index (χ4n) is 2.39. The summed E-state index contributed by atoms with van der Waals surface area (Å²) >= 11 is 3.35. The van der Waals surface area contributed by atoms with Crippen LogP contribution in [0.4, 0.5) is 5.69 Å². The van der Waals surface area contributed by atoms with Gasteiger partial charge in [0.1, 0.15) is 6.54 Å². The van der Waals surface area contributed by atoms with E-state index >= 15 is 0 Å². The zero-order valence-corrected chi connectivity index (χ0v) is 13.2. The van der Waals surface area contributed by atoms with Crippen LogP contribution in [0.25, 0.3) is 10.9 Å². The molecule has 1 amide bonds. The van der Waals surface area contributed by atoms with Crippen molar-refractivity contribution < 1.29 is 9.59 Å². The average molecular weight is 357 g/mol. The molecule has 0 atom stereocenters. The Balaban J connectivity index is 1.82. The minimum absolute atomic E-state index is 0.138. The van der Waals surface area contributed by atoms with Gasteiger partial charge in [0.05, 0.1) is 0 Å². The highest BCUT2D eigenvalue weighted by atomic mass is 79.9. The SMILES string of the molecule is O=Cc1cn(CC(=O)Nc2ccc(Br)cc2)c2ccccc12. The molecule has 0 fully saturated rings. The topological polar surface area (TPSA) is 51.1 Å². The van der Waals surface area contributed by atoms with Crippen molar-refractivity contribution in [2.45, 2.75) is 6.54 Å². The quantitative estimate of drug-likeness (QED) is 0.721. The summed E-state index contributed by atoms with van der Waals surface area (Å²) in [5, 5.41) is 3.70. The van der Waals surface area contributed by atoms with Crippen LogP contribution in [0.3, 0.4) is 0 Å². The van der Waals surface area contributed by atoms with E-state index in [0.717, 1.165) is 27.3 Å². The molecule has 0 radical (unpaired) electrons. The summed E-state index contributed by atoms with van der Waals surface area (Å²) in [6, 6.07) is 14.9. The second-order valence-electron chi connectivity index (χ2n) is 4.90. The first kappa shape index (κ1) is 14.5. The van der Waals surface area contributed by atoms with E-state index in [1.807, 2.05) is 48.5 Å². The lowest BCUT2D eigenvalue weighted by molar-refractivity contribution is -0.116. The van der Waals surface area contributed by atoms with Crippen molar-refractivity contribution >= 4 is 44.7 Å². The molecule has 0 unspecified atom stereocenters. The Morgan fingerprint density at radius 1 is 1.14 bits per heavy atom. The number of carbonyl (C=O) groups excluding carboxylic acids is 2. The minimum Gasteiger partial charge on any atom is -0.337 e. The van der Waals surface area contributed by atoms with Crippen molar-refractivity contribution in [3.63, 3.8) is 0 Å². The number of fused-ring (bicyclic) bond motifs is 1. The molecular weight excluding hydrogens is 344 g/mol. The number of aromatic nitrogens is 1. The van der Waals surface area contributed by atoms with Gasteiger partial charge in [0, 0.05) is 32.8 Å². The molecule has 0 aliphatic heterocycles. The predicted molar refractivity (Wildman–Crippen MR) is 90.1 cm³/mol. The van der Waals surface area contributed by atoms with Crippen LogP contribution in [0.2, 0.25) is 0 Å². The van der Waals surface area contributed by atoms with E-state index in [9.17, 15) is 9.59 Å². The lowest BCUT2D eigenvalue weighted by Gasteiger charge is -2.07. The molecule has 0 aliphatic rings. The smallest absolute Gasteiger partial charge is 0.244 e. The molecule has 0 saturated heterocycles. The van der Waals surface area contributed by atoms with Gasteiger partial charge in [0.25, 0.3) is 0 Å². The fourth-order valence-corrected chi connectivity index (χ4v) is 2.65. The molecule has 0 aliphatic carbocycles. The molecule has 1 aromatic heterocycles. The number of nitrogens with one attached hydrogen (secondary N) is 1. The third-order valence-electron chi connectivity index (χ3n) is 3.39. The van der Waals surface area contributed by atoms with Gasteiger partial charge in [-0.05, 0) is 30.3 Å². The molecule has 3 aromatic rings. The first-order valence-corrected chi connectivity index (χ1v) is 7.55. The van der Waals surface area contributed by atoms with E-state index in [1.165, 1.54) is 0 Å². The molecule has 3 rings (SSSR count). The van der Waals surface area contributed by atoms with Gasteiger partial charge >= 0.3 is 0 Å². The van der Waals surface area contributed by atoms with E-state index in [0.29, 0.717) is 5.56 Å². The maximum Gasteiger partial charge on any atom is 0.244 e. The third kappa shape index (κ3) is 2.94. The van der Waals surface area contributed by atoms with Gasteiger partial charge in [-0.2, -0.15) is 0 Å². The molecule has 5 heteroatoms. The van der Waals surface area contributed by atoms with Crippen LogP contribution in [-0.4, -0.2) is 16.8 Å². The molecule has 22 heavy (non-hydrogen) atoms. The number of anilines is 1. The van der Waals surface area contributed by atoms with Gasteiger partial charge in [-0.15, -0.1) is 0 Å². The van der Waals surface area contributed by atoms with Gasteiger partial charge < -0.3 is 9.88 Å². The minimum atomic E-state index is -0.138. The Labute approximate surface area is 135 Å². The number of rotatable bonds is 4. The zero-order chi connectivity index (χ0) is 15.5. The summed E-state index contributed by atoms with van der Waals surface area (Å²) in [5.41, 5.74) is 2.20. The fraction of sp³-hybridized carbons (Fsp3) is 0.0588. The molecule has 1 N–H and O–H groups in total. The summed E-state index contributed by atoms with van der Waals surface area (Å²) < 4.78 is 2.74. The Morgan fingerprint density at radius 2 is 1.86 bits per heavy atom. The lowest BCUT2D eigenvalue weighted by Crippen LogP contribution is -2.18. The van der Waals surface area contributed by atoms with E-state index in [-0.39, 0.29) is 12.5 Å². The number of aldehydes is 1. The second-order valence-corrected chi connectivity index (χ2v) is 5.82. The normalized spacial score (nSPS) is 10.6. The number of hydrogen-bond acceptors (Lipinski definition) is 2. The molecule has 2 aromatic carbocycles. The molecule has 1 heterocycles. The van der Waals surface area contributed by atoms with Crippen LogP contribution < -0.4 is 5.32 Å². The van der Waals surface area contributed by atoms with Crippen molar-refractivity contribution in [1.29, 1.82) is 0 Å². The molecule has 0 saturated carbocycles. The summed E-state index contributed by atoms with van der Waals surface area (Å²) in [5.74, 6) is -0.138. The number of para-hydroxylation sites is 1. The lowest BCUT2D eigenvalue weighted by atomic mass is 10.2. The zero-order valence-electron chi connectivity index (χ0n) is 11.6. The molecule has 0 bridgehead atoms.